The summed E-state index contributed by atoms with van der Waals surface area (Å²) in [4.78, 5) is 23.8. The van der Waals surface area contributed by atoms with Crippen molar-refractivity contribution in [3.8, 4) is 11.5 Å². The smallest absolute Gasteiger partial charge is 0.337 e. The lowest BCUT2D eigenvalue weighted by Gasteiger charge is -2.12. The van der Waals surface area contributed by atoms with E-state index in [2.05, 4.69) is 10.6 Å². The first-order valence-electron chi connectivity index (χ1n) is 8.39. The number of carbonyl (C=O) groups excluding carboxylic acids is 2. The molecule has 2 N–H and O–H groups in total. The molecular formula is C20H24N2O5. The summed E-state index contributed by atoms with van der Waals surface area (Å²) < 4.78 is 15.2. The second kappa shape index (κ2) is 9.47. The Morgan fingerprint density at radius 2 is 1.70 bits per heavy atom. The first-order valence-corrected chi connectivity index (χ1v) is 8.39. The minimum Gasteiger partial charge on any atom is -0.493 e. The van der Waals surface area contributed by atoms with Gasteiger partial charge in [-0.15, -0.1) is 0 Å². The van der Waals surface area contributed by atoms with E-state index in [1.807, 2.05) is 19.1 Å². The predicted octanol–water partition coefficient (Wildman–Crippen LogP) is 2.53. The molecular weight excluding hydrogens is 348 g/mol. The standard InChI is InChI=1S/C20H24N2O5/c1-13-5-7-15(20(24)27-4)10-16(13)21-12-19(23)22-11-14-6-8-17(25-2)18(9-14)26-3/h5-10,21H,11-12H2,1-4H3,(H,22,23). The largest absolute Gasteiger partial charge is 0.493 e. The summed E-state index contributed by atoms with van der Waals surface area (Å²) in [6.07, 6.45) is 0. The van der Waals surface area contributed by atoms with Gasteiger partial charge in [-0.3, -0.25) is 4.79 Å². The van der Waals surface area contributed by atoms with E-state index in [-0.39, 0.29) is 12.5 Å². The van der Waals surface area contributed by atoms with Crippen LogP contribution in [0.3, 0.4) is 0 Å². The van der Waals surface area contributed by atoms with E-state index in [4.69, 9.17) is 14.2 Å². The molecule has 0 atom stereocenters. The third-order valence-electron chi connectivity index (χ3n) is 4.04. The lowest BCUT2D eigenvalue weighted by atomic mass is 10.1. The van der Waals surface area contributed by atoms with Gasteiger partial charge in [-0.05, 0) is 42.3 Å². The fourth-order valence-electron chi connectivity index (χ4n) is 2.49. The predicted molar refractivity (Wildman–Crippen MR) is 102 cm³/mol. The number of methoxy groups -OCH3 is 3. The van der Waals surface area contributed by atoms with Gasteiger partial charge in [0.25, 0.3) is 0 Å². The first-order chi connectivity index (χ1) is 13.0. The summed E-state index contributed by atoms with van der Waals surface area (Å²) in [5.41, 5.74) is 2.95. The second-order valence-corrected chi connectivity index (χ2v) is 5.84. The first kappa shape index (κ1) is 20.1. The normalized spacial score (nSPS) is 10.1. The number of carbonyl (C=O) groups is 2. The molecule has 0 bridgehead atoms. The highest BCUT2D eigenvalue weighted by molar-refractivity contribution is 5.91. The number of rotatable bonds is 8. The quantitative estimate of drug-likeness (QED) is 0.693. The Labute approximate surface area is 158 Å². The lowest BCUT2D eigenvalue weighted by molar-refractivity contribution is -0.119. The molecule has 0 aliphatic rings. The molecule has 0 saturated carbocycles. The molecule has 2 rings (SSSR count). The van der Waals surface area contributed by atoms with Crippen molar-refractivity contribution in [2.24, 2.45) is 0 Å². The Kier molecular flexibility index (Phi) is 7.05. The summed E-state index contributed by atoms with van der Waals surface area (Å²) >= 11 is 0. The van der Waals surface area contributed by atoms with Gasteiger partial charge in [-0.2, -0.15) is 0 Å². The lowest BCUT2D eigenvalue weighted by Crippen LogP contribution is -2.29. The Hall–Kier alpha value is -3.22. The number of hydrogen-bond acceptors (Lipinski definition) is 6. The fraction of sp³-hybridized carbons (Fsp3) is 0.300. The number of benzene rings is 2. The van der Waals surface area contributed by atoms with Crippen LogP contribution in [0.4, 0.5) is 5.69 Å². The number of amides is 1. The average Bonchev–Trinajstić information content (AvgIpc) is 2.70. The Balaban J connectivity index is 1.92. The molecule has 0 aliphatic heterocycles. The zero-order chi connectivity index (χ0) is 19.8. The van der Waals surface area contributed by atoms with Gasteiger partial charge in [0.15, 0.2) is 11.5 Å². The van der Waals surface area contributed by atoms with E-state index in [0.29, 0.717) is 29.3 Å². The zero-order valence-corrected chi connectivity index (χ0v) is 15.9. The molecule has 0 aliphatic carbocycles. The van der Waals surface area contributed by atoms with Crippen LogP contribution in [-0.4, -0.2) is 39.8 Å². The molecule has 0 unspecified atom stereocenters. The molecule has 7 heteroatoms. The fourth-order valence-corrected chi connectivity index (χ4v) is 2.49. The van der Waals surface area contributed by atoms with Crippen LogP contribution in [0.25, 0.3) is 0 Å². The van der Waals surface area contributed by atoms with Crippen molar-refractivity contribution in [1.82, 2.24) is 5.32 Å². The van der Waals surface area contributed by atoms with Crippen LogP contribution in [0.5, 0.6) is 11.5 Å². The van der Waals surface area contributed by atoms with E-state index in [1.165, 1.54) is 7.11 Å². The topological polar surface area (TPSA) is 85.9 Å². The van der Waals surface area contributed by atoms with Crippen LogP contribution in [0.2, 0.25) is 0 Å². The molecule has 2 aromatic rings. The highest BCUT2D eigenvalue weighted by Gasteiger charge is 2.10. The number of anilines is 1. The second-order valence-electron chi connectivity index (χ2n) is 5.84. The van der Waals surface area contributed by atoms with E-state index in [1.54, 1.807) is 38.5 Å². The molecule has 0 spiro atoms. The van der Waals surface area contributed by atoms with E-state index in [9.17, 15) is 9.59 Å². The van der Waals surface area contributed by atoms with Crippen LogP contribution >= 0.6 is 0 Å². The minimum atomic E-state index is -0.420. The van der Waals surface area contributed by atoms with Crippen molar-refractivity contribution >= 4 is 17.6 Å². The molecule has 2 aromatic carbocycles. The zero-order valence-electron chi connectivity index (χ0n) is 15.9. The van der Waals surface area contributed by atoms with Gasteiger partial charge in [-0.1, -0.05) is 12.1 Å². The molecule has 0 aromatic heterocycles. The number of esters is 1. The monoisotopic (exact) mass is 372 g/mol. The third kappa shape index (κ3) is 5.37. The van der Waals surface area contributed by atoms with Crippen molar-refractivity contribution in [1.29, 1.82) is 0 Å². The summed E-state index contributed by atoms with van der Waals surface area (Å²) in [5, 5.41) is 5.88. The van der Waals surface area contributed by atoms with E-state index < -0.39 is 5.97 Å². The van der Waals surface area contributed by atoms with Crippen LogP contribution in [-0.2, 0) is 16.1 Å². The van der Waals surface area contributed by atoms with Crippen LogP contribution in [0.15, 0.2) is 36.4 Å². The van der Waals surface area contributed by atoms with Gasteiger partial charge in [0.2, 0.25) is 5.91 Å². The molecule has 1 amide bonds. The maximum absolute atomic E-state index is 12.1. The van der Waals surface area contributed by atoms with Crippen molar-refractivity contribution < 1.29 is 23.8 Å². The van der Waals surface area contributed by atoms with E-state index >= 15 is 0 Å². The maximum Gasteiger partial charge on any atom is 0.337 e. The third-order valence-corrected chi connectivity index (χ3v) is 4.04. The van der Waals surface area contributed by atoms with Gasteiger partial charge < -0.3 is 24.8 Å². The Morgan fingerprint density at radius 3 is 2.37 bits per heavy atom. The average molecular weight is 372 g/mol. The van der Waals surface area contributed by atoms with Gasteiger partial charge in [0.1, 0.15) is 0 Å². The van der Waals surface area contributed by atoms with Gasteiger partial charge in [-0.25, -0.2) is 4.79 Å². The van der Waals surface area contributed by atoms with Gasteiger partial charge in [0.05, 0.1) is 33.4 Å². The summed E-state index contributed by atoms with van der Waals surface area (Å²) in [5.74, 6) is 0.649. The molecule has 0 radical (unpaired) electrons. The molecule has 0 fully saturated rings. The molecule has 0 heterocycles. The summed E-state index contributed by atoms with van der Waals surface area (Å²) in [6, 6.07) is 10.6. The molecule has 0 saturated heterocycles. The molecule has 144 valence electrons. The van der Waals surface area contributed by atoms with Gasteiger partial charge in [0, 0.05) is 12.2 Å². The highest BCUT2D eigenvalue weighted by Crippen LogP contribution is 2.27. The Morgan fingerprint density at radius 1 is 0.963 bits per heavy atom. The van der Waals surface area contributed by atoms with Crippen molar-refractivity contribution in [2.45, 2.75) is 13.5 Å². The number of ether oxygens (including phenoxy) is 3. The number of hydrogen-bond donors (Lipinski definition) is 2. The van der Waals surface area contributed by atoms with E-state index in [0.717, 1.165) is 11.1 Å². The Bertz CT molecular complexity index is 820. The maximum atomic E-state index is 12.1. The van der Waals surface area contributed by atoms with Crippen LogP contribution in [0, 0.1) is 6.92 Å². The van der Waals surface area contributed by atoms with Crippen molar-refractivity contribution in [2.75, 3.05) is 33.2 Å². The number of nitrogens with one attached hydrogen (secondary N) is 2. The van der Waals surface area contributed by atoms with Crippen molar-refractivity contribution in [3.05, 3.63) is 53.1 Å². The van der Waals surface area contributed by atoms with Gasteiger partial charge >= 0.3 is 5.97 Å². The molecule has 7 nitrogen and oxygen atoms in total. The SMILES string of the molecule is COC(=O)c1ccc(C)c(NCC(=O)NCc2ccc(OC)c(OC)c2)c1. The summed E-state index contributed by atoms with van der Waals surface area (Å²) in [6.45, 7) is 2.34. The molecule has 27 heavy (non-hydrogen) atoms. The highest BCUT2D eigenvalue weighted by atomic mass is 16.5. The summed E-state index contributed by atoms with van der Waals surface area (Å²) in [7, 11) is 4.47. The minimum absolute atomic E-state index is 0.0821. The van der Waals surface area contributed by atoms with Crippen LogP contribution < -0.4 is 20.1 Å². The number of aryl methyl sites for hydroxylation is 1. The van der Waals surface area contributed by atoms with Crippen molar-refractivity contribution in [3.63, 3.8) is 0 Å². The van der Waals surface area contributed by atoms with Crippen LogP contribution in [0.1, 0.15) is 21.5 Å².